The number of alkyl carbamates (subject to hydrolysis) is 1. The van der Waals surface area contributed by atoms with Crippen LogP contribution < -0.4 is 5.32 Å². The molecule has 0 heterocycles. The molecule has 43 heavy (non-hydrogen) atoms. The Labute approximate surface area is 269 Å². The number of ether oxygens (including phenoxy) is 3. The van der Waals surface area contributed by atoms with E-state index in [1.807, 2.05) is 0 Å². The predicted octanol–water partition coefficient (Wildman–Crippen LogP) is 12.0. The maximum atomic E-state index is 12.2. The Morgan fingerprint density at radius 2 is 0.953 bits per heavy atom. The molecule has 0 rings (SSSR count). The second-order valence-corrected chi connectivity index (χ2v) is 13.4. The summed E-state index contributed by atoms with van der Waals surface area (Å²) < 4.78 is 17.6. The monoisotopic (exact) mass is 612 g/mol. The molecule has 0 unspecified atom stereocenters. The van der Waals surface area contributed by atoms with Crippen LogP contribution in [-0.4, -0.2) is 45.2 Å². The Morgan fingerprint density at radius 1 is 0.535 bits per heavy atom. The van der Waals surface area contributed by atoms with Gasteiger partial charge in [-0.1, -0.05) is 169 Å². The molecule has 5 heteroatoms. The quantitative estimate of drug-likeness (QED) is 0.0724. The van der Waals surface area contributed by atoms with Crippen LogP contribution >= 0.6 is 0 Å². The maximum Gasteiger partial charge on any atom is 0.407 e. The van der Waals surface area contributed by atoms with Crippen molar-refractivity contribution in [3.8, 4) is 0 Å². The third-order valence-corrected chi connectivity index (χ3v) is 8.43. The van der Waals surface area contributed by atoms with Gasteiger partial charge < -0.3 is 19.5 Å². The lowest BCUT2D eigenvalue weighted by atomic mass is 10.1. The second kappa shape index (κ2) is 35.7. The van der Waals surface area contributed by atoms with Gasteiger partial charge in [0.15, 0.2) is 0 Å². The summed E-state index contributed by atoms with van der Waals surface area (Å²) >= 11 is 0. The largest absolute Gasteiger partial charge is 0.447 e. The molecule has 5 nitrogen and oxygen atoms in total. The van der Waals surface area contributed by atoms with Crippen molar-refractivity contribution < 1.29 is 19.0 Å². The topological polar surface area (TPSA) is 56.8 Å². The van der Waals surface area contributed by atoms with Crippen LogP contribution in [0.25, 0.3) is 0 Å². The minimum absolute atomic E-state index is 0.188. The first kappa shape index (κ1) is 42.2. The van der Waals surface area contributed by atoms with Gasteiger partial charge in [0.2, 0.25) is 0 Å². The van der Waals surface area contributed by atoms with Gasteiger partial charge in [-0.15, -0.1) is 0 Å². The maximum absolute atomic E-state index is 12.2. The van der Waals surface area contributed by atoms with Crippen molar-refractivity contribution in [2.24, 2.45) is 5.92 Å². The Hall–Kier alpha value is -0.810. The molecule has 0 fully saturated rings. The summed E-state index contributed by atoms with van der Waals surface area (Å²) in [7, 11) is 0. The minimum atomic E-state index is -0.344. The lowest BCUT2D eigenvalue weighted by molar-refractivity contribution is -0.0468. The van der Waals surface area contributed by atoms with Gasteiger partial charge in [-0.25, -0.2) is 4.79 Å². The van der Waals surface area contributed by atoms with Crippen molar-refractivity contribution in [1.82, 2.24) is 5.32 Å². The normalized spacial score (nSPS) is 12.2. The molecule has 1 atom stereocenters. The zero-order valence-corrected chi connectivity index (χ0v) is 29.7. The van der Waals surface area contributed by atoms with Crippen LogP contribution in [0.2, 0.25) is 0 Å². The molecule has 0 aromatic heterocycles. The number of carbonyl (C=O) groups is 1. The van der Waals surface area contributed by atoms with Crippen LogP contribution in [0, 0.1) is 5.92 Å². The van der Waals surface area contributed by atoms with E-state index in [2.05, 4.69) is 33.0 Å². The molecule has 0 bridgehead atoms. The second-order valence-electron chi connectivity index (χ2n) is 13.4. The molecule has 258 valence electrons. The highest BCUT2D eigenvalue weighted by atomic mass is 16.6. The van der Waals surface area contributed by atoms with Gasteiger partial charge in [0.1, 0.15) is 12.7 Å². The van der Waals surface area contributed by atoms with Crippen molar-refractivity contribution in [2.45, 2.75) is 201 Å². The molecule has 0 aromatic rings. The summed E-state index contributed by atoms with van der Waals surface area (Å²) in [6.45, 7) is 11.9. The molecule has 0 saturated carbocycles. The fourth-order valence-electron chi connectivity index (χ4n) is 5.52. The summed E-state index contributed by atoms with van der Waals surface area (Å²) in [4.78, 5) is 12.2. The molecule has 0 radical (unpaired) electrons. The first-order chi connectivity index (χ1) is 21.1. The van der Waals surface area contributed by atoms with Gasteiger partial charge in [-0.2, -0.15) is 0 Å². The van der Waals surface area contributed by atoms with Gasteiger partial charge in [-0.3, -0.25) is 0 Å². The number of rotatable bonds is 35. The lowest BCUT2D eigenvalue weighted by Gasteiger charge is -2.18. The molecule has 0 aromatic carbocycles. The highest BCUT2D eigenvalue weighted by Crippen LogP contribution is 2.14. The van der Waals surface area contributed by atoms with E-state index in [4.69, 9.17) is 14.2 Å². The third kappa shape index (κ3) is 35.5. The van der Waals surface area contributed by atoms with Crippen LogP contribution in [-0.2, 0) is 14.2 Å². The lowest BCUT2D eigenvalue weighted by Crippen LogP contribution is -2.32. The van der Waals surface area contributed by atoms with Crippen LogP contribution in [0.5, 0.6) is 0 Å². The molecule has 0 aliphatic rings. The molecule has 0 aliphatic heterocycles. The van der Waals surface area contributed by atoms with E-state index in [-0.39, 0.29) is 18.8 Å². The van der Waals surface area contributed by atoms with Crippen LogP contribution in [0.4, 0.5) is 4.79 Å². The van der Waals surface area contributed by atoms with Crippen LogP contribution in [0.1, 0.15) is 195 Å². The molecular weight excluding hydrogens is 534 g/mol. The number of unbranched alkanes of at least 4 members (excludes halogenated alkanes) is 22. The Kier molecular flexibility index (Phi) is 35.0. The van der Waals surface area contributed by atoms with E-state index < -0.39 is 0 Å². The zero-order valence-electron chi connectivity index (χ0n) is 29.7. The van der Waals surface area contributed by atoms with Gasteiger partial charge >= 0.3 is 6.09 Å². The van der Waals surface area contributed by atoms with Gasteiger partial charge in [0, 0.05) is 19.8 Å². The molecule has 1 N–H and O–H groups in total. The Balaban J connectivity index is 3.97. The van der Waals surface area contributed by atoms with Crippen LogP contribution in [0.3, 0.4) is 0 Å². The number of hydrogen-bond donors (Lipinski definition) is 1. The number of nitrogens with one attached hydrogen (secondary N) is 1. The number of carbonyl (C=O) groups excluding carboxylic acids is 1. The van der Waals surface area contributed by atoms with Crippen LogP contribution in [0.15, 0.2) is 0 Å². The molecular formula is C38H77NO4. The Bertz CT molecular complexity index is 542. The number of amides is 1. The van der Waals surface area contributed by atoms with E-state index in [1.54, 1.807) is 0 Å². The standard InChI is InChI=1S/C38H77NO4/c1-5-7-9-11-13-15-17-19-21-23-25-27-32-41-34-37(35-43-38(40)39-31-29-30-36(3)4)42-33-28-26-24-22-20-18-16-14-12-10-8-6-2/h36-37H,5-35H2,1-4H3,(H,39,40)/t37-/m1/s1. The average Bonchev–Trinajstić information content (AvgIpc) is 3.00. The van der Waals surface area contributed by atoms with Crippen molar-refractivity contribution in [1.29, 1.82) is 0 Å². The number of hydrogen-bond acceptors (Lipinski definition) is 4. The molecule has 0 saturated heterocycles. The van der Waals surface area contributed by atoms with E-state index >= 15 is 0 Å². The van der Waals surface area contributed by atoms with E-state index in [9.17, 15) is 4.79 Å². The molecule has 0 aliphatic carbocycles. The fourth-order valence-corrected chi connectivity index (χ4v) is 5.52. The SMILES string of the molecule is CCCCCCCCCCCCCCOC[C@H](COC(=O)NCCCC(C)C)OCCCCCCCCCCCCCC. The first-order valence-corrected chi connectivity index (χ1v) is 19.2. The fraction of sp³-hybridized carbons (Fsp3) is 0.974. The zero-order chi connectivity index (χ0) is 31.5. The highest BCUT2D eigenvalue weighted by Gasteiger charge is 2.13. The predicted molar refractivity (Wildman–Crippen MR) is 186 cm³/mol. The summed E-state index contributed by atoms with van der Waals surface area (Å²) in [5.41, 5.74) is 0. The van der Waals surface area contributed by atoms with Crippen molar-refractivity contribution in [2.75, 3.05) is 33.0 Å². The average molecular weight is 612 g/mol. The van der Waals surface area contributed by atoms with Crippen molar-refractivity contribution in [3.05, 3.63) is 0 Å². The smallest absolute Gasteiger partial charge is 0.407 e. The summed E-state index contributed by atoms with van der Waals surface area (Å²) in [5, 5.41) is 2.87. The molecule has 0 spiro atoms. The summed E-state index contributed by atoms with van der Waals surface area (Å²) in [6.07, 6.45) is 33.7. The molecule has 1 amide bonds. The Morgan fingerprint density at radius 3 is 1.40 bits per heavy atom. The van der Waals surface area contributed by atoms with Gasteiger partial charge in [-0.05, 0) is 31.6 Å². The minimum Gasteiger partial charge on any atom is -0.447 e. The highest BCUT2D eigenvalue weighted by molar-refractivity contribution is 5.67. The van der Waals surface area contributed by atoms with Crippen molar-refractivity contribution in [3.63, 3.8) is 0 Å². The van der Waals surface area contributed by atoms with Gasteiger partial charge in [0.25, 0.3) is 0 Å². The van der Waals surface area contributed by atoms with E-state index in [1.165, 1.54) is 141 Å². The third-order valence-electron chi connectivity index (χ3n) is 8.43. The van der Waals surface area contributed by atoms with E-state index in [0.717, 1.165) is 32.3 Å². The van der Waals surface area contributed by atoms with Gasteiger partial charge in [0.05, 0.1) is 6.61 Å². The summed E-state index contributed by atoms with van der Waals surface area (Å²) in [6, 6.07) is 0. The summed E-state index contributed by atoms with van der Waals surface area (Å²) in [5.74, 6) is 0.651. The van der Waals surface area contributed by atoms with E-state index in [0.29, 0.717) is 25.7 Å². The van der Waals surface area contributed by atoms with Crippen molar-refractivity contribution >= 4 is 6.09 Å². The first-order valence-electron chi connectivity index (χ1n) is 19.2.